The first-order valence-corrected chi connectivity index (χ1v) is 9.66. The number of allylic oxidation sites excluding steroid dienone is 1. The van der Waals surface area contributed by atoms with E-state index in [1.165, 1.54) is 33.3 Å². The van der Waals surface area contributed by atoms with E-state index in [4.69, 9.17) is 18.9 Å². The normalized spacial score (nSPS) is 16.0. The molecular weight excluding hydrogens is 400 g/mol. The highest BCUT2D eigenvalue weighted by atomic mass is 16.5. The van der Waals surface area contributed by atoms with Crippen LogP contribution in [0.25, 0.3) is 0 Å². The Balaban J connectivity index is 2.11. The van der Waals surface area contributed by atoms with Gasteiger partial charge in [-0.05, 0) is 30.2 Å². The van der Waals surface area contributed by atoms with Gasteiger partial charge in [-0.15, -0.1) is 0 Å². The summed E-state index contributed by atoms with van der Waals surface area (Å²) in [5.41, 5.74) is 2.37. The lowest BCUT2D eigenvalue weighted by molar-refractivity contribution is -0.136. The largest absolute Gasteiger partial charge is 0.493 e. The second-order valence-electron chi connectivity index (χ2n) is 6.90. The second-order valence-corrected chi connectivity index (χ2v) is 6.90. The molecule has 0 saturated carbocycles. The fourth-order valence-corrected chi connectivity index (χ4v) is 3.63. The van der Waals surface area contributed by atoms with Crippen molar-refractivity contribution in [3.05, 3.63) is 64.9 Å². The van der Waals surface area contributed by atoms with Crippen molar-refractivity contribution in [2.75, 3.05) is 28.4 Å². The molecule has 1 atom stereocenters. The van der Waals surface area contributed by atoms with Crippen LogP contribution in [0.15, 0.2) is 53.7 Å². The van der Waals surface area contributed by atoms with E-state index in [1.54, 1.807) is 19.1 Å². The molecule has 0 bridgehead atoms. The predicted octanol–water partition coefficient (Wildman–Crippen LogP) is 3.43. The lowest BCUT2D eigenvalue weighted by Gasteiger charge is -2.35. The highest BCUT2D eigenvalue weighted by Gasteiger charge is 2.37. The molecule has 2 aromatic rings. The Morgan fingerprint density at radius 2 is 1.61 bits per heavy atom. The van der Waals surface area contributed by atoms with Gasteiger partial charge in [-0.3, -0.25) is 4.90 Å². The van der Waals surface area contributed by atoms with Crippen molar-refractivity contribution in [1.82, 2.24) is 10.2 Å². The predicted molar refractivity (Wildman–Crippen MR) is 114 cm³/mol. The van der Waals surface area contributed by atoms with Crippen LogP contribution in [-0.4, -0.2) is 45.3 Å². The average molecular weight is 426 g/mol. The number of carbonyl (C=O) groups excluding carboxylic acids is 2. The third-order valence-electron chi connectivity index (χ3n) is 5.21. The molecule has 0 spiro atoms. The molecule has 0 radical (unpaired) electrons. The zero-order chi connectivity index (χ0) is 22.5. The molecule has 1 aliphatic rings. The van der Waals surface area contributed by atoms with E-state index in [0.29, 0.717) is 40.6 Å². The summed E-state index contributed by atoms with van der Waals surface area (Å²) in [5, 5.41) is 2.92. The lowest BCUT2D eigenvalue weighted by atomic mass is 9.94. The third kappa shape index (κ3) is 4.28. The summed E-state index contributed by atoms with van der Waals surface area (Å²) in [5.74, 6) is 0.718. The van der Waals surface area contributed by atoms with Crippen LogP contribution in [0.1, 0.15) is 24.1 Å². The van der Waals surface area contributed by atoms with Gasteiger partial charge in [0.05, 0.1) is 46.6 Å². The number of carbonyl (C=O) groups is 2. The number of hydrogen-bond donors (Lipinski definition) is 1. The molecule has 0 aromatic heterocycles. The number of ether oxygens (including phenoxy) is 4. The summed E-state index contributed by atoms with van der Waals surface area (Å²) in [4.78, 5) is 27.3. The fourth-order valence-electron chi connectivity index (χ4n) is 3.63. The van der Waals surface area contributed by atoms with Gasteiger partial charge in [0.25, 0.3) is 0 Å². The lowest BCUT2D eigenvalue weighted by Crippen LogP contribution is -2.47. The maximum Gasteiger partial charge on any atom is 0.337 e. The van der Waals surface area contributed by atoms with Crippen LogP contribution in [-0.2, 0) is 16.1 Å². The van der Waals surface area contributed by atoms with Crippen LogP contribution < -0.4 is 19.5 Å². The molecule has 3 rings (SSSR count). The SMILES string of the molecule is COC(=O)C1=C(C)N(Cc2ccccc2)C(=O)NC1c1cc(OC)c(OC)c(OC)c1. The number of rotatable bonds is 7. The van der Waals surface area contributed by atoms with Crippen molar-refractivity contribution in [3.63, 3.8) is 0 Å². The Kier molecular flexibility index (Phi) is 6.69. The number of esters is 1. The van der Waals surface area contributed by atoms with Gasteiger partial charge >= 0.3 is 12.0 Å². The van der Waals surface area contributed by atoms with Gasteiger partial charge in [0, 0.05) is 5.70 Å². The number of urea groups is 1. The first kappa shape index (κ1) is 22.0. The minimum absolute atomic E-state index is 0.320. The molecule has 1 unspecified atom stereocenters. The number of amides is 2. The van der Waals surface area contributed by atoms with E-state index < -0.39 is 12.0 Å². The molecule has 1 heterocycles. The van der Waals surface area contributed by atoms with Crippen LogP contribution in [0, 0.1) is 0 Å². The highest BCUT2D eigenvalue weighted by molar-refractivity contribution is 5.95. The summed E-state index contributed by atoms with van der Waals surface area (Å²) >= 11 is 0. The van der Waals surface area contributed by atoms with E-state index in [2.05, 4.69) is 5.32 Å². The number of nitrogens with zero attached hydrogens (tertiary/aromatic N) is 1. The van der Waals surface area contributed by atoms with Crippen molar-refractivity contribution < 1.29 is 28.5 Å². The second kappa shape index (κ2) is 9.42. The Morgan fingerprint density at radius 3 is 2.13 bits per heavy atom. The standard InChI is InChI=1S/C23H26N2O6/c1-14-19(22(26)31-5)20(16-11-17(28-2)21(30-4)18(12-16)29-3)24-23(27)25(14)13-15-9-7-6-8-10-15/h6-12,20H,13H2,1-5H3,(H,24,27). The smallest absolute Gasteiger partial charge is 0.337 e. The number of benzene rings is 2. The van der Waals surface area contributed by atoms with Gasteiger partial charge in [-0.1, -0.05) is 30.3 Å². The molecular formula is C23H26N2O6. The Bertz CT molecular complexity index is 977. The van der Waals surface area contributed by atoms with Crippen LogP contribution in [0.5, 0.6) is 17.2 Å². The van der Waals surface area contributed by atoms with Gasteiger partial charge in [0.1, 0.15) is 0 Å². The van der Waals surface area contributed by atoms with E-state index >= 15 is 0 Å². The Hall–Kier alpha value is -3.68. The molecule has 8 heteroatoms. The van der Waals surface area contributed by atoms with Crippen molar-refractivity contribution in [3.8, 4) is 17.2 Å². The molecule has 0 fully saturated rings. The highest BCUT2D eigenvalue weighted by Crippen LogP contribution is 2.42. The Morgan fingerprint density at radius 1 is 1.00 bits per heavy atom. The van der Waals surface area contributed by atoms with Crippen LogP contribution in [0.2, 0.25) is 0 Å². The van der Waals surface area contributed by atoms with Crippen molar-refractivity contribution in [2.24, 2.45) is 0 Å². The molecule has 2 aromatic carbocycles. The number of nitrogens with one attached hydrogen (secondary N) is 1. The summed E-state index contributed by atoms with van der Waals surface area (Å²) in [7, 11) is 5.83. The maximum atomic E-state index is 13.0. The van der Waals surface area contributed by atoms with E-state index in [1.807, 2.05) is 30.3 Å². The quantitative estimate of drug-likeness (QED) is 0.683. The van der Waals surface area contributed by atoms with Gasteiger partial charge in [0.2, 0.25) is 5.75 Å². The topological polar surface area (TPSA) is 86.3 Å². The van der Waals surface area contributed by atoms with Gasteiger partial charge in [-0.2, -0.15) is 0 Å². The molecule has 0 saturated heterocycles. The maximum absolute atomic E-state index is 13.0. The number of methoxy groups -OCH3 is 4. The minimum Gasteiger partial charge on any atom is -0.493 e. The monoisotopic (exact) mass is 426 g/mol. The fraction of sp³-hybridized carbons (Fsp3) is 0.304. The summed E-state index contributed by atoms with van der Waals surface area (Å²) in [6.07, 6.45) is 0. The van der Waals surface area contributed by atoms with Crippen molar-refractivity contribution in [2.45, 2.75) is 19.5 Å². The number of hydrogen-bond acceptors (Lipinski definition) is 6. The zero-order valence-corrected chi connectivity index (χ0v) is 18.2. The first-order valence-electron chi connectivity index (χ1n) is 9.66. The van der Waals surface area contributed by atoms with Gasteiger partial charge in [-0.25, -0.2) is 9.59 Å². The Labute approximate surface area is 181 Å². The molecule has 8 nitrogen and oxygen atoms in total. The van der Waals surface area contributed by atoms with Gasteiger partial charge < -0.3 is 24.3 Å². The molecule has 31 heavy (non-hydrogen) atoms. The van der Waals surface area contributed by atoms with E-state index in [-0.39, 0.29) is 6.03 Å². The average Bonchev–Trinajstić information content (AvgIpc) is 2.80. The van der Waals surface area contributed by atoms with Crippen LogP contribution in [0.4, 0.5) is 4.79 Å². The summed E-state index contributed by atoms with van der Waals surface area (Å²) < 4.78 is 21.3. The first-order chi connectivity index (χ1) is 14.9. The van der Waals surface area contributed by atoms with Gasteiger partial charge in [0.15, 0.2) is 11.5 Å². The molecule has 164 valence electrons. The zero-order valence-electron chi connectivity index (χ0n) is 18.2. The molecule has 1 N–H and O–H groups in total. The van der Waals surface area contributed by atoms with E-state index in [9.17, 15) is 9.59 Å². The van der Waals surface area contributed by atoms with E-state index in [0.717, 1.165) is 5.56 Å². The van der Waals surface area contributed by atoms with Crippen LogP contribution in [0.3, 0.4) is 0 Å². The van der Waals surface area contributed by atoms with Crippen molar-refractivity contribution >= 4 is 12.0 Å². The summed E-state index contributed by atoms with van der Waals surface area (Å²) in [6.45, 7) is 2.06. The molecule has 2 amide bonds. The molecule has 1 aliphatic heterocycles. The third-order valence-corrected chi connectivity index (χ3v) is 5.21. The van der Waals surface area contributed by atoms with Crippen molar-refractivity contribution in [1.29, 1.82) is 0 Å². The molecule has 0 aliphatic carbocycles. The minimum atomic E-state index is -0.749. The van der Waals surface area contributed by atoms with Crippen LogP contribution >= 0.6 is 0 Å². The summed E-state index contributed by atoms with van der Waals surface area (Å²) in [6, 6.07) is 11.9.